The van der Waals surface area contributed by atoms with Gasteiger partial charge >= 0.3 is 0 Å². The van der Waals surface area contributed by atoms with Crippen molar-refractivity contribution < 1.29 is 4.79 Å². The number of amides is 1. The van der Waals surface area contributed by atoms with Gasteiger partial charge in [-0.05, 0) is 42.3 Å². The quantitative estimate of drug-likeness (QED) is 0.316. The lowest BCUT2D eigenvalue weighted by atomic mass is 10.2. The van der Waals surface area contributed by atoms with E-state index >= 15 is 0 Å². The van der Waals surface area contributed by atoms with Crippen molar-refractivity contribution >= 4 is 45.3 Å². The minimum atomic E-state index is -0.269. The maximum atomic E-state index is 12.9. The number of nitrogens with one attached hydrogen (secondary N) is 1. The van der Waals surface area contributed by atoms with Crippen LogP contribution in [0.4, 0.5) is 0 Å². The lowest BCUT2D eigenvalue weighted by Gasteiger charge is -2.16. The van der Waals surface area contributed by atoms with Gasteiger partial charge in [-0.1, -0.05) is 49.0 Å². The van der Waals surface area contributed by atoms with E-state index in [0.29, 0.717) is 13.0 Å². The number of carbonyl (C=O) groups is 1. The van der Waals surface area contributed by atoms with Crippen LogP contribution in [0, 0.1) is 0 Å². The number of hydrogen-bond donors (Lipinski definition) is 1. The third-order valence-corrected chi connectivity index (χ3v) is 6.53. The van der Waals surface area contributed by atoms with Crippen LogP contribution in [0.2, 0.25) is 0 Å². The highest BCUT2D eigenvalue weighted by atomic mass is 32.2. The molecule has 1 atom stereocenters. The topological polar surface area (TPSA) is 72.2 Å². The number of carbonyl (C=O) groups excluding carboxylic acids is 1. The standard InChI is InChI=1S/C24H21N5OS/c1-2-21(23(30)26-15-16-8-7-13-25-14-16)31-24-28-18-10-4-3-9-17(18)22-27-19-11-5-6-12-20(19)29(22)24/h3-14,21H,2,15H2,1H3,(H,26,30)/t21-/m0/s1. The van der Waals surface area contributed by atoms with Crippen molar-refractivity contribution in [2.45, 2.75) is 30.3 Å². The fraction of sp³-hybridized carbons (Fsp3) is 0.167. The molecular weight excluding hydrogens is 406 g/mol. The molecule has 0 bridgehead atoms. The Bertz CT molecular complexity index is 1380. The first-order chi connectivity index (χ1) is 15.2. The summed E-state index contributed by atoms with van der Waals surface area (Å²) in [5, 5.41) is 4.53. The highest BCUT2D eigenvalue weighted by molar-refractivity contribution is 8.00. The summed E-state index contributed by atoms with van der Waals surface area (Å²) in [4.78, 5) is 26.8. The van der Waals surface area contributed by atoms with E-state index in [1.54, 1.807) is 12.4 Å². The van der Waals surface area contributed by atoms with E-state index in [0.717, 1.165) is 38.3 Å². The number of hydrogen-bond acceptors (Lipinski definition) is 5. The van der Waals surface area contributed by atoms with E-state index in [1.807, 2.05) is 67.6 Å². The lowest BCUT2D eigenvalue weighted by Crippen LogP contribution is -2.32. The molecule has 3 aromatic heterocycles. The van der Waals surface area contributed by atoms with Gasteiger partial charge in [-0.15, -0.1) is 0 Å². The van der Waals surface area contributed by atoms with Crippen molar-refractivity contribution in [1.82, 2.24) is 24.7 Å². The fourth-order valence-electron chi connectivity index (χ4n) is 3.65. The SMILES string of the molecule is CC[C@H](Sc1nc2ccccc2c2nc3ccccc3n12)C(=O)NCc1cccnc1. The number of para-hydroxylation sites is 3. The zero-order chi connectivity index (χ0) is 21.2. The Balaban J connectivity index is 1.52. The third-order valence-electron chi connectivity index (χ3n) is 5.21. The summed E-state index contributed by atoms with van der Waals surface area (Å²) >= 11 is 1.48. The second-order valence-electron chi connectivity index (χ2n) is 7.26. The van der Waals surface area contributed by atoms with Crippen LogP contribution in [-0.4, -0.2) is 30.5 Å². The molecule has 6 nitrogen and oxygen atoms in total. The Morgan fingerprint density at radius 3 is 2.65 bits per heavy atom. The van der Waals surface area contributed by atoms with Crippen LogP contribution in [0.3, 0.4) is 0 Å². The number of pyridine rings is 1. The minimum Gasteiger partial charge on any atom is -0.351 e. The van der Waals surface area contributed by atoms with Gasteiger partial charge in [0.15, 0.2) is 5.16 Å². The summed E-state index contributed by atoms with van der Waals surface area (Å²) in [6.45, 7) is 2.48. The number of aromatic nitrogens is 4. The number of thioether (sulfide) groups is 1. The fourth-order valence-corrected chi connectivity index (χ4v) is 4.70. The summed E-state index contributed by atoms with van der Waals surface area (Å²) in [5.74, 6) is -0.0103. The monoisotopic (exact) mass is 427 g/mol. The molecule has 0 unspecified atom stereocenters. The van der Waals surface area contributed by atoms with Crippen molar-refractivity contribution in [1.29, 1.82) is 0 Å². The van der Waals surface area contributed by atoms with Crippen molar-refractivity contribution in [2.24, 2.45) is 0 Å². The van der Waals surface area contributed by atoms with Gasteiger partial charge in [-0.2, -0.15) is 0 Å². The summed E-state index contributed by atoms with van der Waals surface area (Å²) < 4.78 is 2.07. The van der Waals surface area contributed by atoms with Crippen LogP contribution >= 0.6 is 11.8 Å². The van der Waals surface area contributed by atoms with E-state index in [-0.39, 0.29) is 11.2 Å². The zero-order valence-electron chi connectivity index (χ0n) is 17.0. The van der Waals surface area contributed by atoms with E-state index < -0.39 is 0 Å². The molecule has 0 aliphatic carbocycles. The van der Waals surface area contributed by atoms with Gasteiger partial charge in [-0.25, -0.2) is 9.97 Å². The first kappa shape index (κ1) is 19.5. The summed E-state index contributed by atoms with van der Waals surface area (Å²) in [5.41, 5.74) is 4.61. The Kier molecular flexibility index (Phi) is 5.26. The first-order valence-electron chi connectivity index (χ1n) is 10.2. The van der Waals surface area contributed by atoms with Gasteiger partial charge in [0.1, 0.15) is 5.65 Å². The van der Waals surface area contributed by atoms with Crippen molar-refractivity contribution in [3.05, 3.63) is 78.6 Å². The molecule has 31 heavy (non-hydrogen) atoms. The second-order valence-corrected chi connectivity index (χ2v) is 8.43. The van der Waals surface area contributed by atoms with Crippen LogP contribution < -0.4 is 5.32 Å². The van der Waals surface area contributed by atoms with Crippen molar-refractivity contribution in [3.63, 3.8) is 0 Å². The Hall–Kier alpha value is -3.45. The molecule has 0 aliphatic rings. The Labute approximate surface area is 183 Å². The van der Waals surface area contributed by atoms with E-state index in [1.165, 1.54) is 11.8 Å². The van der Waals surface area contributed by atoms with Crippen LogP contribution in [-0.2, 0) is 11.3 Å². The van der Waals surface area contributed by atoms with Crippen LogP contribution in [0.15, 0.2) is 78.2 Å². The molecule has 0 saturated carbocycles. The van der Waals surface area contributed by atoms with Gasteiger partial charge < -0.3 is 5.32 Å². The van der Waals surface area contributed by atoms with Crippen molar-refractivity contribution in [2.75, 3.05) is 0 Å². The number of nitrogens with zero attached hydrogens (tertiary/aromatic N) is 4. The number of imidazole rings is 1. The number of fused-ring (bicyclic) bond motifs is 5. The minimum absolute atomic E-state index is 0.0103. The van der Waals surface area contributed by atoms with Crippen LogP contribution in [0.5, 0.6) is 0 Å². The first-order valence-corrected chi connectivity index (χ1v) is 11.1. The largest absolute Gasteiger partial charge is 0.351 e. The van der Waals surface area contributed by atoms with Crippen LogP contribution in [0.25, 0.3) is 27.6 Å². The average molecular weight is 428 g/mol. The van der Waals surface area contributed by atoms with E-state index in [9.17, 15) is 4.79 Å². The predicted octanol–water partition coefficient (Wildman–Crippen LogP) is 4.62. The number of benzene rings is 2. The molecule has 3 heterocycles. The van der Waals surface area contributed by atoms with Gasteiger partial charge in [0.25, 0.3) is 0 Å². The molecule has 5 rings (SSSR count). The molecule has 0 spiro atoms. The third kappa shape index (κ3) is 3.72. The zero-order valence-corrected chi connectivity index (χ0v) is 17.8. The van der Waals surface area contributed by atoms with E-state index in [2.05, 4.69) is 14.7 Å². The van der Waals surface area contributed by atoms with Gasteiger partial charge in [-0.3, -0.25) is 14.2 Å². The molecule has 0 saturated heterocycles. The maximum absolute atomic E-state index is 12.9. The summed E-state index contributed by atoms with van der Waals surface area (Å²) in [6.07, 6.45) is 4.18. The molecule has 7 heteroatoms. The van der Waals surface area contributed by atoms with E-state index in [4.69, 9.17) is 9.97 Å². The average Bonchev–Trinajstić information content (AvgIpc) is 3.22. The van der Waals surface area contributed by atoms with Gasteiger partial charge in [0.05, 0.1) is 21.8 Å². The molecule has 0 aliphatic heterocycles. The Morgan fingerprint density at radius 2 is 1.84 bits per heavy atom. The Morgan fingerprint density at radius 1 is 1.03 bits per heavy atom. The molecule has 0 radical (unpaired) electrons. The molecule has 1 amide bonds. The number of rotatable bonds is 6. The molecule has 154 valence electrons. The van der Waals surface area contributed by atoms with Gasteiger partial charge in [0, 0.05) is 24.3 Å². The predicted molar refractivity (Wildman–Crippen MR) is 124 cm³/mol. The van der Waals surface area contributed by atoms with Gasteiger partial charge in [0.2, 0.25) is 5.91 Å². The summed E-state index contributed by atoms with van der Waals surface area (Å²) in [7, 11) is 0. The molecule has 5 aromatic rings. The molecule has 1 N–H and O–H groups in total. The van der Waals surface area contributed by atoms with Crippen LogP contribution in [0.1, 0.15) is 18.9 Å². The normalized spacial score (nSPS) is 12.4. The molecule has 0 fully saturated rings. The van der Waals surface area contributed by atoms with Crippen molar-refractivity contribution in [3.8, 4) is 0 Å². The maximum Gasteiger partial charge on any atom is 0.233 e. The molecular formula is C24H21N5OS. The second kappa shape index (κ2) is 8.35. The lowest BCUT2D eigenvalue weighted by molar-refractivity contribution is -0.120. The smallest absolute Gasteiger partial charge is 0.233 e. The highest BCUT2D eigenvalue weighted by Gasteiger charge is 2.22. The highest BCUT2D eigenvalue weighted by Crippen LogP contribution is 2.31. The molecule has 2 aromatic carbocycles. The summed E-state index contributed by atoms with van der Waals surface area (Å²) in [6, 6.07) is 19.8.